The molecule has 1 aliphatic rings. The Kier molecular flexibility index (Phi) is 8.14. The SMILES string of the molecule is C=CCN1CC(Oc2ccc(Cl)cc2)=NC(SCC(=O)Nc2ccc(C(C)C)cc2)=N1. The lowest BCUT2D eigenvalue weighted by atomic mass is 10.0. The van der Waals surface area contributed by atoms with E-state index in [1.54, 1.807) is 35.4 Å². The number of nitrogens with one attached hydrogen (secondary N) is 1. The van der Waals surface area contributed by atoms with Gasteiger partial charge < -0.3 is 10.1 Å². The second-order valence-electron chi connectivity index (χ2n) is 7.19. The van der Waals surface area contributed by atoms with Gasteiger partial charge in [0, 0.05) is 10.7 Å². The van der Waals surface area contributed by atoms with Gasteiger partial charge in [-0.2, -0.15) is 4.99 Å². The number of aliphatic imine (C=N–C) groups is 1. The van der Waals surface area contributed by atoms with Gasteiger partial charge in [-0.3, -0.25) is 9.80 Å². The Morgan fingerprint density at radius 1 is 1.26 bits per heavy atom. The Morgan fingerprint density at radius 3 is 2.61 bits per heavy atom. The van der Waals surface area contributed by atoms with E-state index in [1.807, 2.05) is 24.3 Å². The quantitative estimate of drug-likeness (QED) is 0.567. The Morgan fingerprint density at radius 2 is 1.97 bits per heavy atom. The monoisotopic (exact) mass is 456 g/mol. The smallest absolute Gasteiger partial charge is 0.234 e. The molecule has 0 atom stereocenters. The fraction of sp³-hybridized carbons (Fsp3) is 0.261. The van der Waals surface area contributed by atoms with Crippen LogP contribution in [0, 0.1) is 0 Å². The van der Waals surface area contributed by atoms with E-state index in [0.717, 1.165) is 5.69 Å². The van der Waals surface area contributed by atoms with Crippen molar-refractivity contribution in [1.29, 1.82) is 0 Å². The molecule has 0 fully saturated rings. The molecule has 31 heavy (non-hydrogen) atoms. The van der Waals surface area contributed by atoms with Crippen molar-refractivity contribution < 1.29 is 9.53 Å². The molecule has 0 aromatic heterocycles. The lowest BCUT2D eigenvalue weighted by molar-refractivity contribution is -0.113. The molecule has 0 saturated carbocycles. The summed E-state index contributed by atoms with van der Waals surface area (Å²) < 4.78 is 5.87. The molecule has 162 valence electrons. The summed E-state index contributed by atoms with van der Waals surface area (Å²) >= 11 is 7.18. The van der Waals surface area contributed by atoms with E-state index in [9.17, 15) is 4.79 Å². The predicted molar refractivity (Wildman–Crippen MR) is 130 cm³/mol. The van der Waals surface area contributed by atoms with Crippen LogP contribution >= 0.6 is 23.4 Å². The van der Waals surface area contributed by atoms with E-state index >= 15 is 0 Å². The molecule has 0 aliphatic carbocycles. The van der Waals surface area contributed by atoms with Crippen LogP contribution in [-0.4, -0.2) is 40.8 Å². The van der Waals surface area contributed by atoms with Crippen molar-refractivity contribution in [3.8, 4) is 5.75 Å². The molecule has 0 spiro atoms. The highest BCUT2D eigenvalue weighted by atomic mass is 35.5. The lowest BCUT2D eigenvalue weighted by Gasteiger charge is -2.23. The third-order valence-electron chi connectivity index (χ3n) is 4.35. The molecule has 3 rings (SSSR count). The maximum absolute atomic E-state index is 12.4. The molecular formula is C23H25ClN4O2S. The highest BCUT2D eigenvalue weighted by molar-refractivity contribution is 8.14. The minimum Gasteiger partial charge on any atom is -0.441 e. The molecule has 8 heteroatoms. The predicted octanol–water partition coefficient (Wildman–Crippen LogP) is 5.39. The summed E-state index contributed by atoms with van der Waals surface area (Å²) in [5.41, 5.74) is 2.00. The van der Waals surface area contributed by atoms with E-state index in [-0.39, 0.29) is 11.7 Å². The van der Waals surface area contributed by atoms with E-state index < -0.39 is 0 Å². The molecule has 0 bridgehead atoms. The molecule has 1 N–H and O–H groups in total. The van der Waals surface area contributed by atoms with Crippen molar-refractivity contribution in [1.82, 2.24) is 5.01 Å². The molecule has 0 radical (unpaired) electrons. The summed E-state index contributed by atoms with van der Waals surface area (Å²) in [4.78, 5) is 16.8. The fourth-order valence-corrected chi connectivity index (χ4v) is 3.56. The zero-order valence-corrected chi connectivity index (χ0v) is 19.1. The lowest BCUT2D eigenvalue weighted by Crippen LogP contribution is -2.33. The van der Waals surface area contributed by atoms with Crippen LogP contribution in [0.5, 0.6) is 5.75 Å². The standard InChI is InChI=1S/C23H25ClN4O2S/c1-4-13-28-14-22(30-20-11-7-18(24)8-12-20)26-23(27-28)31-15-21(29)25-19-9-5-17(6-10-19)16(2)3/h4-12,16H,1,13-15H2,2-3H3,(H,25,29). The minimum absolute atomic E-state index is 0.124. The number of carbonyl (C=O) groups excluding carboxylic acids is 1. The normalized spacial score (nSPS) is 13.5. The highest BCUT2D eigenvalue weighted by Gasteiger charge is 2.18. The van der Waals surface area contributed by atoms with E-state index in [0.29, 0.717) is 40.8 Å². The first-order valence-corrected chi connectivity index (χ1v) is 11.3. The number of hydrogen-bond acceptors (Lipinski definition) is 6. The Bertz CT molecular complexity index is 972. The first-order chi connectivity index (χ1) is 14.9. The van der Waals surface area contributed by atoms with Crippen LogP contribution in [0.25, 0.3) is 0 Å². The number of nitrogens with zero attached hydrogens (tertiary/aromatic N) is 3. The van der Waals surface area contributed by atoms with Crippen molar-refractivity contribution in [2.45, 2.75) is 19.8 Å². The molecule has 6 nitrogen and oxygen atoms in total. The number of carbonyl (C=O) groups is 1. The van der Waals surface area contributed by atoms with Crippen LogP contribution in [-0.2, 0) is 4.79 Å². The number of halogens is 1. The van der Waals surface area contributed by atoms with Crippen LogP contribution in [0.15, 0.2) is 71.3 Å². The largest absolute Gasteiger partial charge is 0.441 e. The average Bonchev–Trinajstić information content (AvgIpc) is 2.74. The van der Waals surface area contributed by atoms with Gasteiger partial charge >= 0.3 is 0 Å². The average molecular weight is 457 g/mol. The molecule has 2 aromatic rings. The number of thioether (sulfide) groups is 1. The highest BCUT2D eigenvalue weighted by Crippen LogP contribution is 2.20. The van der Waals surface area contributed by atoms with Crippen LogP contribution in [0.1, 0.15) is 25.3 Å². The van der Waals surface area contributed by atoms with E-state index in [1.165, 1.54) is 17.3 Å². The van der Waals surface area contributed by atoms with Gasteiger partial charge in [0.2, 0.25) is 17.0 Å². The number of hydrazone groups is 1. The van der Waals surface area contributed by atoms with Gasteiger partial charge in [0.25, 0.3) is 0 Å². The molecule has 1 aliphatic heterocycles. The van der Waals surface area contributed by atoms with Crippen molar-refractivity contribution in [2.24, 2.45) is 10.1 Å². The van der Waals surface area contributed by atoms with Gasteiger partial charge in [0.15, 0.2) is 0 Å². The summed E-state index contributed by atoms with van der Waals surface area (Å²) in [5.74, 6) is 1.64. The van der Waals surface area contributed by atoms with Gasteiger partial charge in [0.1, 0.15) is 12.3 Å². The van der Waals surface area contributed by atoms with Gasteiger partial charge in [-0.25, -0.2) is 0 Å². The second-order valence-corrected chi connectivity index (χ2v) is 8.57. The van der Waals surface area contributed by atoms with Crippen LogP contribution in [0.4, 0.5) is 5.69 Å². The van der Waals surface area contributed by atoms with Crippen LogP contribution in [0.2, 0.25) is 5.02 Å². The van der Waals surface area contributed by atoms with Crippen molar-refractivity contribution in [2.75, 3.05) is 24.2 Å². The van der Waals surface area contributed by atoms with Gasteiger partial charge in [-0.1, -0.05) is 55.4 Å². The van der Waals surface area contributed by atoms with Gasteiger partial charge in [-0.05, 0) is 47.9 Å². The maximum Gasteiger partial charge on any atom is 0.234 e. The number of amides is 1. The third kappa shape index (κ3) is 7.15. The van der Waals surface area contributed by atoms with Crippen molar-refractivity contribution in [3.63, 3.8) is 0 Å². The fourth-order valence-electron chi connectivity index (χ4n) is 2.76. The number of ether oxygens (including phenoxy) is 1. The number of rotatable bonds is 7. The summed E-state index contributed by atoms with van der Waals surface area (Å²) in [5, 5.41) is 10.2. The van der Waals surface area contributed by atoms with Crippen LogP contribution < -0.4 is 10.1 Å². The Hall–Kier alpha value is -2.77. The first-order valence-electron chi connectivity index (χ1n) is 9.91. The van der Waals surface area contributed by atoms with E-state index in [2.05, 4.69) is 35.8 Å². The van der Waals surface area contributed by atoms with Crippen LogP contribution in [0.3, 0.4) is 0 Å². The molecule has 1 heterocycles. The summed E-state index contributed by atoms with van der Waals surface area (Å²) in [6.07, 6.45) is 1.75. The first kappa shape index (κ1) is 22.9. The Labute approximate surface area is 192 Å². The summed E-state index contributed by atoms with van der Waals surface area (Å²) in [7, 11) is 0. The number of amidine groups is 1. The topological polar surface area (TPSA) is 66.3 Å². The third-order valence-corrected chi connectivity index (χ3v) is 5.44. The minimum atomic E-state index is -0.124. The zero-order chi connectivity index (χ0) is 22.2. The molecule has 2 aromatic carbocycles. The van der Waals surface area contributed by atoms with Crippen molar-refractivity contribution in [3.05, 3.63) is 71.8 Å². The summed E-state index contributed by atoms with van der Waals surface area (Å²) in [6.45, 7) is 8.98. The van der Waals surface area contributed by atoms with Crippen molar-refractivity contribution >= 4 is 46.0 Å². The van der Waals surface area contributed by atoms with Gasteiger partial charge in [0.05, 0.1) is 12.3 Å². The molecule has 1 amide bonds. The zero-order valence-electron chi connectivity index (χ0n) is 17.5. The second kappa shape index (κ2) is 11.0. The van der Waals surface area contributed by atoms with E-state index in [4.69, 9.17) is 16.3 Å². The number of benzene rings is 2. The summed E-state index contributed by atoms with van der Waals surface area (Å²) in [6, 6.07) is 14.9. The maximum atomic E-state index is 12.4. The molecule has 0 unspecified atom stereocenters. The molecular weight excluding hydrogens is 432 g/mol. The molecule has 0 saturated heterocycles. The number of hydrogen-bond donors (Lipinski definition) is 1. The number of anilines is 1. The van der Waals surface area contributed by atoms with Gasteiger partial charge in [-0.15, -0.1) is 11.7 Å². The Balaban J connectivity index is 1.60.